The summed E-state index contributed by atoms with van der Waals surface area (Å²) in [7, 11) is 0. The maximum absolute atomic E-state index is 12.7. The monoisotopic (exact) mass is 516 g/mol. The standard InChI is InChI=1S/C17H26I2O2/c1-16(19,11-18)15(20)21-17(7-3-2-4-8-17)14-10-12-5-6-13(14)9-12/h12-14H,2-11H2,1H3. The fraction of sp³-hybridized carbons (Fsp3) is 0.941. The number of rotatable bonds is 4. The lowest BCUT2D eigenvalue weighted by Gasteiger charge is -2.45. The Kier molecular flexibility index (Phi) is 5.14. The normalized spacial score (nSPS) is 37.2. The summed E-state index contributed by atoms with van der Waals surface area (Å²) >= 11 is 4.58. The van der Waals surface area contributed by atoms with E-state index in [0.717, 1.165) is 29.1 Å². The van der Waals surface area contributed by atoms with Crippen molar-refractivity contribution < 1.29 is 9.53 Å². The number of halogens is 2. The summed E-state index contributed by atoms with van der Waals surface area (Å²) in [6, 6.07) is 0. The second-order valence-electron chi connectivity index (χ2n) is 7.63. The number of ether oxygens (including phenoxy) is 1. The van der Waals surface area contributed by atoms with Gasteiger partial charge in [0.15, 0.2) is 0 Å². The zero-order valence-corrected chi connectivity index (χ0v) is 17.2. The zero-order chi connectivity index (χ0) is 15.1. The van der Waals surface area contributed by atoms with E-state index in [-0.39, 0.29) is 15.0 Å². The molecular weight excluding hydrogens is 490 g/mol. The molecule has 3 aliphatic carbocycles. The molecule has 0 aromatic heterocycles. The van der Waals surface area contributed by atoms with Gasteiger partial charge in [0.25, 0.3) is 0 Å². The zero-order valence-electron chi connectivity index (χ0n) is 12.9. The minimum absolute atomic E-state index is 0.0298. The van der Waals surface area contributed by atoms with Gasteiger partial charge in [-0.3, -0.25) is 4.79 Å². The Labute approximate surface area is 155 Å². The van der Waals surface area contributed by atoms with E-state index in [0.29, 0.717) is 5.92 Å². The van der Waals surface area contributed by atoms with Gasteiger partial charge in [-0.1, -0.05) is 58.0 Å². The van der Waals surface area contributed by atoms with Gasteiger partial charge in [-0.25, -0.2) is 0 Å². The highest BCUT2D eigenvalue weighted by Gasteiger charge is 2.53. The van der Waals surface area contributed by atoms with Crippen LogP contribution in [0.4, 0.5) is 0 Å². The van der Waals surface area contributed by atoms with Crippen LogP contribution in [0.15, 0.2) is 0 Å². The maximum Gasteiger partial charge on any atom is 0.323 e. The van der Waals surface area contributed by atoms with E-state index in [1.165, 1.54) is 44.9 Å². The Morgan fingerprint density at radius 1 is 1.24 bits per heavy atom. The van der Waals surface area contributed by atoms with Crippen LogP contribution in [-0.2, 0) is 9.53 Å². The van der Waals surface area contributed by atoms with Gasteiger partial charge in [0, 0.05) is 10.3 Å². The van der Waals surface area contributed by atoms with Gasteiger partial charge < -0.3 is 4.74 Å². The highest BCUT2D eigenvalue weighted by molar-refractivity contribution is 14.1. The molecule has 0 amide bonds. The first kappa shape index (κ1) is 16.8. The summed E-state index contributed by atoms with van der Waals surface area (Å²) in [4.78, 5) is 12.7. The van der Waals surface area contributed by atoms with E-state index < -0.39 is 0 Å². The number of alkyl halides is 2. The Bertz CT molecular complexity index is 402. The summed E-state index contributed by atoms with van der Waals surface area (Å²) < 4.78 is 6.76. The van der Waals surface area contributed by atoms with Crippen LogP contribution in [0.5, 0.6) is 0 Å². The molecule has 4 heteroatoms. The summed E-state index contributed by atoms with van der Waals surface area (Å²) in [5, 5.41) is 0. The van der Waals surface area contributed by atoms with Crippen LogP contribution >= 0.6 is 45.2 Å². The van der Waals surface area contributed by atoms with Gasteiger partial charge in [-0.2, -0.15) is 0 Å². The van der Waals surface area contributed by atoms with Crippen LogP contribution < -0.4 is 0 Å². The number of esters is 1. The van der Waals surface area contributed by atoms with Crippen molar-refractivity contribution in [2.24, 2.45) is 17.8 Å². The molecule has 2 bridgehead atoms. The van der Waals surface area contributed by atoms with E-state index in [4.69, 9.17) is 4.74 Å². The molecule has 0 spiro atoms. The molecule has 0 aromatic rings. The third kappa shape index (κ3) is 3.26. The Hall–Kier alpha value is 0.930. The van der Waals surface area contributed by atoms with E-state index in [2.05, 4.69) is 45.2 Å². The fourth-order valence-electron chi connectivity index (χ4n) is 4.93. The average Bonchev–Trinajstić information content (AvgIpc) is 3.11. The van der Waals surface area contributed by atoms with E-state index >= 15 is 0 Å². The molecule has 0 N–H and O–H groups in total. The lowest BCUT2D eigenvalue weighted by molar-refractivity contribution is -0.176. The van der Waals surface area contributed by atoms with Crippen molar-refractivity contribution in [2.75, 3.05) is 4.43 Å². The molecule has 0 aliphatic heterocycles. The minimum atomic E-state index is -0.375. The highest BCUT2D eigenvalue weighted by atomic mass is 127. The second kappa shape index (κ2) is 6.44. The molecule has 3 aliphatic rings. The second-order valence-corrected chi connectivity index (χ2v) is 10.8. The molecule has 3 fully saturated rings. The molecular formula is C17H26I2O2. The molecule has 4 unspecified atom stereocenters. The lowest BCUT2D eigenvalue weighted by Crippen LogP contribution is -2.49. The molecule has 4 atom stereocenters. The quantitative estimate of drug-likeness (QED) is 0.288. The third-order valence-electron chi connectivity index (χ3n) is 6.09. The van der Waals surface area contributed by atoms with E-state index in [1.54, 1.807) is 0 Å². The highest BCUT2D eigenvalue weighted by Crippen LogP contribution is 2.56. The van der Waals surface area contributed by atoms with Gasteiger partial charge in [0.2, 0.25) is 0 Å². The van der Waals surface area contributed by atoms with Crippen molar-refractivity contribution in [1.29, 1.82) is 0 Å². The largest absolute Gasteiger partial charge is 0.458 e. The van der Waals surface area contributed by atoms with Crippen molar-refractivity contribution in [3.05, 3.63) is 0 Å². The molecule has 21 heavy (non-hydrogen) atoms. The summed E-state index contributed by atoms with van der Waals surface area (Å²) in [5.41, 5.74) is -0.118. The first-order valence-corrected chi connectivity index (χ1v) is 11.1. The van der Waals surface area contributed by atoms with Crippen LogP contribution in [-0.4, -0.2) is 19.4 Å². The summed E-state index contributed by atoms with van der Waals surface area (Å²) in [6.45, 7) is 2.01. The number of carbonyl (C=O) groups excluding carboxylic acids is 1. The predicted octanol–water partition coefficient (Wildman–Crippen LogP) is 5.30. The average molecular weight is 516 g/mol. The molecule has 0 heterocycles. The van der Waals surface area contributed by atoms with Crippen molar-refractivity contribution in [1.82, 2.24) is 0 Å². The molecule has 0 radical (unpaired) electrons. The number of carbonyl (C=O) groups is 1. The van der Waals surface area contributed by atoms with E-state index in [1.807, 2.05) is 6.92 Å². The van der Waals surface area contributed by atoms with Crippen LogP contribution in [0.2, 0.25) is 0 Å². The molecule has 2 nitrogen and oxygen atoms in total. The Balaban J connectivity index is 1.79. The van der Waals surface area contributed by atoms with Gasteiger partial charge in [0.1, 0.15) is 9.02 Å². The van der Waals surface area contributed by atoms with Gasteiger partial charge in [-0.05, 0) is 63.7 Å². The number of hydrogen-bond acceptors (Lipinski definition) is 2. The fourth-order valence-corrected chi connectivity index (χ4v) is 5.35. The first-order chi connectivity index (χ1) is 9.97. The van der Waals surface area contributed by atoms with Crippen LogP contribution in [0.25, 0.3) is 0 Å². The van der Waals surface area contributed by atoms with Crippen molar-refractivity contribution >= 4 is 51.2 Å². The van der Waals surface area contributed by atoms with Crippen molar-refractivity contribution in [2.45, 2.75) is 73.7 Å². The van der Waals surface area contributed by atoms with Gasteiger partial charge >= 0.3 is 5.97 Å². The lowest BCUT2D eigenvalue weighted by atomic mass is 9.69. The number of fused-ring (bicyclic) bond motifs is 2. The van der Waals surface area contributed by atoms with Crippen LogP contribution in [0.1, 0.15) is 64.7 Å². The third-order valence-corrected chi connectivity index (χ3v) is 9.89. The van der Waals surface area contributed by atoms with Crippen molar-refractivity contribution in [3.8, 4) is 0 Å². The minimum Gasteiger partial charge on any atom is -0.458 e. The molecule has 120 valence electrons. The molecule has 0 aromatic carbocycles. The number of hydrogen-bond donors (Lipinski definition) is 0. The molecule has 3 rings (SSSR count). The first-order valence-electron chi connectivity index (χ1n) is 8.45. The van der Waals surface area contributed by atoms with Crippen LogP contribution in [0.3, 0.4) is 0 Å². The molecule has 0 saturated heterocycles. The summed E-state index contributed by atoms with van der Waals surface area (Å²) in [5.74, 6) is 2.44. The van der Waals surface area contributed by atoms with Crippen LogP contribution in [0, 0.1) is 17.8 Å². The maximum atomic E-state index is 12.7. The molecule has 3 saturated carbocycles. The topological polar surface area (TPSA) is 26.3 Å². The Morgan fingerprint density at radius 2 is 1.95 bits per heavy atom. The van der Waals surface area contributed by atoms with Gasteiger partial charge in [-0.15, -0.1) is 0 Å². The predicted molar refractivity (Wildman–Crippen MR) is 102 cm³/mol. The van der Waals surface area contributed by atoms with Gasteiger partial charge in [0.05, 0.1) is 0 Å². The van der Waals surface area contributed by atoms with Crippen molar-refractivity contribution in [3.63, 3.8) is 0 Å². The smallest absolute Gasteiger partial charge is 0.323 e. The Morgan fingerprint density at radius 3 is 2.48 bits per heavy atom. The summed E-state index contributed by atoms with van der Waals surface area (Å²) in [6.07, 6.45) is 11.5. The van der Waals surface area contributed by atoms with E-state index in [9.17, 15) is 4.79 Å². The SMILES string of the molecule is CC(I)(CI)C(=O)OC1(C2CC3CCC2C3)CCCCC1.